The second-order valence-corrected chi connectivity index (χ2v) is 3.27. The van der Waals surface area contributed by atoms with Crippen LogP contribution in [0.3, 0.4) is 0 Å². The third-order valence-electron chi connectivity index (χ3n) is 2.11. The molecule has 0 radical (unpaired) electrons. The predicted octanol–water partition coefficient (Wildman–Crippen LogP) is 1.99. The molecular formula is C11H17FN2O. The topological polar surface area (TPSA) is 47.3 Å². The van der Waals surface area contributed by atoms with E-state index < -0.39 is 0 Å². The van der Waals surface area contributed by atoms with Gasteiger partial charge >= 0.3 is 0 Å². The molecule has 15 heavy (non-hydrogen) atoms. The number of halogens is 1. The van der Waals surface area contributed by atoms with E-state index in [-0.39, 0.29) is 11.6 Å². The molecule has 1 rings (SSSR count). The van der Waals surface area contributed by atoms with E-state index in [9.17, 15) is 4.39 Å². The minimum atomic E-state index is -0.346. The number of ether oxygens (including phenoxy) is 1. The van der Waals surface area contributed by atoms with Crippen LogP contribution in [0.4, 0.5) is 10.1 Å². The Balaban J connectivity index is 2.45. The van der Waals surface area contributed by atoms with Gasteiger partial charge in [0, 0.05) is 18.3 Å². The summed E-state index contributed by atoms with van der Waals surface area (Å²) in [5, 5.41) is 3.12. The van der Waals surface area contributed by atoms with Crippen molar-refractivity contribution in [2.45, 2.75) is 12.8 Å². The van der Waals surface area contributed by atoms with Crippen molar-refractivity contribution in [2.75, 3.05) is 25.5 Å². The zero-order valence-corrected chi connectivity index (χ0v) is 8.92. The first-order valence-corrected chi connectivity index (χ1v) is 5.05. The Kier molecular flexibility index (Phi) is 4.90. The number of methoxy groups -OCH3 is 1. The molecule has 0 aliphatic rings. The first-order chi connectivity index (χ1) is 7.27. The first-order valence-electron chi connectivity index (χ1n) is 5.05. The maximum Gasteiger partial charge on any atom is 0.167 e. The number of nitrogens with two attached hydrogens (primary N) is 1. The monoisotopic (exact) mass is 212 g/mol. The Morgan fingerprint density at radius 2 is 2.20 bits per heavy atom. The number of anilines is 1. The van der Waals surface area contributed by atoms with E-state index >= 15 is 0 Å². The summed E-state index contributed by atoms with van der Waals surface area (Å²) in [4.78, 5) is 0. The fraction of sp³-hybridized carbons (Fsp3) is 0.455. The Bertz CT molecular complexity index is 305. The third kappa shape index (κ3) is 3.75. The average Bonchev–Trinajstić information content (AvgIpc) is 2.25. The molecule has 0 aliphatic heterocycles. The molecule has 1 aromatic rings. The fourth-order valence-corrected chi connectivity index (χ4v) is 1.28. The summed E-state index contributed by atoms with van der Waals surface area (Å²) < 4.78 is 18.1. The average molecular weight is 212 g/mol. The number of benzene rings is 1. The summed E-state index contributed by atoms with van der Waals surface area (Å²) in [7, 11) is 1.45. The molecule has 0 saturated carbocycles. The van der Waals surface area contributed by atoms with Gasteiger partial charge in [0.15, 0.2) is 11.6 Å². The molecule has 0 aliphatic carbocycles. The van der Waals surface area contributed by atoms with Crippen LogP contribution in [0.5, 0.6) is 5.75 Å². The second kappa shape index (κ2) is 6.24. The molecule has 3 nitrogen and oxygen atoms in total. The Labute approximate surface area is 89.4 Å². The largest absolute Gasteiger partial charge is 0.494 e. The predicted molar refractivity (Wildman–Crippen MR) is 59.7 cm³/mol. The molecule has 84 valence electrons. The molecule has 0 atom stereocenters. The van der Waals surface area contributed by atoms with Crippen LogP contribution in [0.2, 0.25) is 0 Å². The molecule has 0 spiro atoms. The van der Waals surface area contributed by atoms with Crippen molar-refractivity contribution in [1.29, 1.82) is 0 Å². The van der Waals surface area contributed by atoms with Gasteiger partial charge < -0.3 is 15.8 Å². The molecule has 0 amide bonds. The third-order valence-corrected chi connectivity index (χ3v) is 2.11. The van der Waals surface area contributed by atoms with Crippen LogP contribution >= 0.6 is 0 Å². The van der Waals surface area contributed by atoms with Crippen LogP contribution in [-0.4, -0.2) is 20.2 Å². The van der Waals surface area contributed by atoms with Crippen molar-refractivity contribution in [3.8, 4) is 5.75 Å². The van der Waals surface area contributed by atoms with E-state index in [2.05, 4.69) is 5.32 Å². The molecule has 0 bridgehead atoms. The minimum Gasteiger partial charge on any atom is -0.494 e. The summed E-state index contributed by atoms with van der Waals surface area (Å²) in [5.41, 5.74) is 6.13. The number of hydrogen-bond acceptors (Lipinski definition) is 3. The Morgan fingerprint density at radius 1 is 1.40 bits per heavy atom. The van der Waals surface area contributed by atoms with Crippen LogP contribution in [-0.2, 0) is 0 Å². The normalized spacial score (nSPS) is 10.1. The molecule has 0 fully saturated rings. The quantitative estimate of drug-likeness (QED) is 0.709. The van der Waals surface area contributed by atoms with Gasteiger partial charge in [-0.2, -0.15) is 0 Å². The van der Waals surface area contributed by atoms with E-state index in [4.69, 9.17) is 10.5 Å². The second-order valence-electron chi connectivity index (χ2n) is 3.27. The maximum absolute atomic E-state index is 13.2. The zero-order chi connectivity index (χ0) is 11.1. The van der Waals surface area contributed by atoms with Crippen LogP contribution in [0, 0.1) is 5.82 Å². The zero-order valence-electron chi connectivity index (χ0n) is 8.92. The van der Waals surface area contributed by atoms with E-state index in [0.29, 0.717) is 6.54 Å². The molecule has 0 unspecified atom stereocenters. The Morgan fingerprint density at radius 3 is 2.80 bits per heavy atom. The van der Waals surface area contributed by atoms with Crippen molar-refractivity contribution in [3.05, 3.63) is 24.0 Å². The molecule has 3 N–H and O–H groups in total. The summed E-state index contributed by atoms with van der Waals surface area (Å²) in [6.45, 7) is 1.50. The van der Waals surface area contributed by atoms with Gasteiger partial charge in [0.1, 0.15) is 0 Å². The van der Waals surface area contributed by atoms with Crippen molar-refractivity contribution < 1.29 is 9.13 Å². The lowest BCUT2D eigenvalue weighted by Gasteiger charge is -2.07. The molecule has 0 heterocycles. The van der Waals surface area contributed by atoms with E-state index in [1.165, 1.54) is 13.2 Å². The summed E-state index contributed by atoms with van der Waals surface area (Å²) in [6, 6.07) is 4.84. The van der Waals surface area contributed by atoms with Crippen LogP contribution in [0.15, 0.2) is 18.2 Å². The molecule has 0 saturated heterocycles. The van der Waals surface area contributed by atoms with Crippen LogP contribution in [0.1, 0.15) is 12.8 Å². The lowest BCUT2D eigenvalue weighted by Crippen LogP contribution is -2.05. The van der Waals surface area contributed by atoms with Crippen molar-refractivity contribution in [2.24, 2.45) is 5.73 Å². The number of hydrogen-bond donors (Lipinski definition) is 2. The molecule has 4 heteroatoms. The van der Waals surface area contributed by atoms with Gasteiger partial charge in [0.25, 0.3) is 0 Å². The van der Waals surface area contributed by atoms with E-state index in [1.54, 1.807) is 12.1 Å². The fourth-order valence-electron chi connectivity index (χ4n) is 1.28. The van der Waals surface area contributed by atoms with Gasteiger partial charge in [-0.15, -0.1) is 0 Å². The van der Waals surface area contributed by atoms with Gasteiger partial charge in [0.05, 0.1) is 7.11 Å². The minimum absolute atomic E-state index is 0.266. The highest BCUT2D eigenvalue weighted by Crippen LogP contribution is 2.20. The highest BCUT2D eigenvalue weighted by molar-refractivity contribution is 5.47. The number of unbranched alkanes of at least 4 members (excludes halogenated alkanes) is 1. The van der Waals surface area contributed by atoms with Crippen molar-refractivity contribution in [3.63, 3.8) is 0 Å². The molecular weight excluding hydrogens is 195 g/mol. The van der Waals surface area contributed by atoms with Crippen LogP contribution in [0.25, 0.3) is 0 Å². The smallest absolute Gasteiger partial charge is 0.167 e. The summed E-state index contributed by atoms with van der Waals surface area (Å²) >= 11 is 0. The standard InChI is InChI=1S/C11H17FN2O/c1-15-11-5-4-9(8-10(11)12)14-7-3-2-6-13/h4-5,8,14H,2-3,6-7,13H2,1H3. The lowest BCUT2D eigenvalue weighted by molar-refractivity contribution is 0.386. The number of rotatable bonds is 6. The molecule has 1 aromatic carbocycles. The molecule has 0 aromatic heterocycles. The van der Waals surface area contributed by atoms with Crippen molar-refractivity contribution in [1.82, 2.24) is 0 Å². The summed E-state index contributed by atoms with van der Waals surface area (Å²) in [5.74, 6) is -0.0798. The maximum atomic E-state index is 13.2. The van der Waals surface area contributed by atoms with Gasteiger partial charge in [-0.1, -0.05) is 0 Å². The van der Waals surface area contributed by atoms with Gasteiger partial charge in [-0.05, 0) is 31.5 Å². The van der Waals surface area contributed by atoms with Gasteiger partial charge in [-0.3, -0.25) is 0 Å². The lowest BCUT2D eigenvalue weighted by atomic mass is 10.2. The highest BCUT2D eigenvalue weighted by Gasteiger charge is 2.02. The van der Waals surface area contributed by atoms with E-state index in [0.717, 1.165) is 25.1 Å². The Hall–Kier alpha value is -1.29. The van der Waals surface area contributed by atoms with Crippen LogP contribution < -0.4 is 15.8 Å². The first kappa shape index (κ1) is 11.8. The van der Waals surface area contributed by atoms with Gasteiger partial charge in [-0.25, -0.2) is 4.39 Å². The highest BCUT2D eigenvalue weighted by atomic mass is 19.1. The van der Waals surface area contributed by atoms with E-state index in [1.807, 2.05) is 0 Å². The van der Waals surface area contributed by atoms with Crippen molar-refractivity contribution >= 4 is 5.69 Å². The van der Waals surface area contributed by atoms with Gasteiger partial charge in [0.2, 0.25) is 0 Å². The number of nitrogens with one attached hydrogen (secondary N) is 1. The SMILES string of the molecule is COc1ccc(NCCCCN)cc1F. The summed E-state index contributed by atoms with van der Waals surface area (Å²) in [6.07, 6.45) is 1.97.